The first-order valence-corrected chi connectivity index (χ1v) is 14.6. The van der Waals surface area contributed by atoms with Gasteiger partial charge in [-0.1, -0.05) is 20.8 Å². The summed E-state index contributed by atoms with van der Waals surface area (Å²) in [5, 5.41) is 3.72. The number of rotatable bonds is 10. The summed E-state index contributed by atoms with van der Waals surface area (Å²) in [7, 11) is 0. The fraction of sp³-hybridized carbons (Fsp3) is 0.500. The highest BCUT2D eigenvalue weighted by atomic mass is 32.2. The van der Waals surface area contributed by atoms with Crippen LogP contribution in [-0.4, -0.2) is 47.5 Å². The third-order valence-corrected chi connectivity index (χ3v) is 8.25. The van der Waals surface area contributed by atoms with E-state index in [4.69, 9.17) is 9.98 Å². The zero-order valence-electron chi connectivity index (χ0n) is 23.2. The maximum absolute atomic E-state index is 13.7. The highest BCUT2D eigenvalue weighted by Crippen LogP contribution is 2.41. The molecule has 0 spiro atoms. The average molecular weight is 546 g/mol. The number of nitrogens with zero attached hydrogens (tertiary/aromatic N) is 8. The van der Waals surface area contributed by atoms with Crippen LogP contribution in [-0.2, 0) is 6.54 Å². The standard InChI is InChI=1S/C28H35N9OS/c1-6-9-39-20-10-30-23(31-11-20)14-32-26-28(38)37(18(5)16(2)3)27-22(36-26)13-29-21(12-33-27)24-17(4)34-15-35-25(24)19-7-8-19/h10-11,13,15-16,18-19H,6-9,12,14H2,1-5H3,(H,32,36)/t18-/m0/s1. The number of aliphatic imine (C=N–C) groups is 1. The minimum Gasteiger partial charge on any atom is -0.358 e. The van der Waals surface area contributed by atoms with Crippen LogP contribution < -0.4 is 21.7 Å². The van der Waals surface area contributed by atoms with Gasteiger partial charge in [-0.15, -0.1) is 11.8 Å². The van der Waals surface area contributed by atoms with Gasteiger partial charge in [-0.05, 0) is 44.8 Å². The smallest absolute Gasteiger partial charge is 0.295 e. The second-order valence-corrected chi connectivity index (χ2v) is 11.5. The lowest BCUT2D eigenvalue weighted by molar-refractivity contribution is 0.383. The second kappa shape index (κ2) is 11.7. The predicted octanol–water partition coefficient (Wildman–Crippen LogP) is 3.20. The number of aryl methyl sites for hydroxylation is 1. The molecular formula is C28H35N9OS. The van der Waals surface area contributed by atoms with E-state index in [2.05, 4.69) is 51.0 Å². The van der Waals surface area contributed by atoms with E-state index in [0.29, 0.717) is 29.1 Å². The zero-order valence-corrected chi connectivity index (χ0v) is 24.0. The van der Waals surface area contributed by atoms with Crippen LogP contribution in [0.5, 0.6) is 0 Å². The maximum Gasteiger partial charge on any atom is 0.295 e. The molecule has 39 heavy (non-hydrogen) atoms. The van der Waals surface area contributed by atoms with Gasteiger partial charge in [0.15, 0.2) is 11.3 Å². The number of fused-ring (bicyclic) bond motifs is 1. The average Bonchev–Trinajstić information content (AvgIpc) is 3.79. The van der Waals surface area contributed by atoms with Gasteiger partial charge in [-0.3, -0.25) is 19.3 Å². The third-order valence-electron chi connectivity index (χ3n) is 7.09. The molecule has 11 heteroatoms. The van der Waals surface area contributed by atoms with Gasteiger partial charge in [0.25, 0.3) is 5.56 Å². The minimum atomic E-state index is -0.219. The van der Waals surface area contributed by atoms with Crippen molar-refractivity contribution in [3.63, 3.8) is 0 Å². The van der Waals surface area contributed by atoms with E-state index >= 15 is 0 Å². The van der Waals surface area contributed by atoms with Gasteiger partial charge < -0.3 is 5.32 Å². The maximum atomic E-state index is 13.7. The fourth-order valence-corrected chi connectivity index (χ4v) is 5.16. The van der Waals surface area contributed by atoms with Crippen LogP contribution in [0.2, 0.25) is 0 Å². The zero-order chi connectivity index (χ0) is 27.5. The first kappa shape index (κ1) is 27.1. The van der Waals surface area contributed by atoms with Crippen LogP contribution in [0.4, 0.5) is 5.82 Å². The Morgan fingerprint density at radius 1 is 1.13 bits per heavy atom. The van der Waals surface area contributed by atoms with Crippen LogP contribution >= 0.6 is 11.8 Å². The molecule has 1 atom stereocenters. The van der Waals surface area contributed by atoms with Gasteiger partial charge in [0.05, 0.1) is 36.4 Å². The summed E-state index contributed by atoms with van der Waals surface area (Å²) >= 11 is 1.73. The number of thioether (sulfide) groups is 1. The van der Waals surface area contributed by atoms with Crippen LogP contribution in [0.1, 0.15) is 81.7 Å². The molecule has 0 amide bonds. The summed E-state index contributed by atoms with van der Waals surface area (Å²) in [5.74, 6) is 2.51. The molecule has 3 aromatic heterocycles. The van der Waals surface area contributed by atoms with Crippen molar-refractivity contribution in [1.29, 1.82) is 0 Å². The number of aromatic nitrogens is 6. The van der Waals surface area contributed by atoms with Crippen molar-refractivity contribution in [3.8, 4) is 0 Å². The molecule has 3 aromatic rings. The van der Waals surface area contributed by atoms with Crippen LogP contribution in [0, 0.1) is 12.8 Å². The quantitative estimate of drug-likeness (QED) is 0.385. The highest BCUT2D eigenvalue weighted by molar-refractivity contribution is 7.99. The molecule has 10 nitrogen and oxygen atoms in total. The van der Waals surface area contributed by atoms with Crippen LogP contribution in [0.15, 0.2) is 38.4 Å². The molecule has 1 aliphatic carbocycles. The summed E-state index contributed by atoms with van der Waals surface area (Å²) in [4.78, 5) is 47.1. The first-order valence-electron chi connectivity index (χ1n) is 13.6. The van der Waals surface area contributed by atoms with Crippen molar-refractivity contribution < 1.29 is 0 Å². The van der Waals surface area contributed by atoms with Crippen molar-refractivity contribution >= 4 is 29.5 Å². The number of hydrogen-bond acceptors (Lipinski definition) is 10. The largest absolute Gasteiger partial charge is 0.358 e. The molecule has 1 N–H and O–H groups in total. The number of hydrogen-bond donors (Lipinski definition) is 1. The summed E-state index contributed by atoms with van der Waals surface area (Å²) in [6, 6.07) is -0.0940. The summed E-state index contributed by atoms with van der Waals surface area (Å²) in [6.45, 7) is 11.0. The monoisotopic (exact) mass is 545 g/mol. The molecule has 1 saturated carbocycles. The normalized spacial score (nSPS) is 15.6. The van der Waals surface area contributed by atoms with Gasteiger partial charge in [0, 0.05) is 34.8 Å². The molecule has 0 radical (unpaired) electrons. The van der Waals surface area contributed by atoms with Gasteiger partial charge in [0.1, 0.15) is 17.5 Å². The molecule has 1 aliphatic heterocycles. The van der Waals surface area contributed by atoms with Crippen molar-refractivity contribution in [2.45, 2.75) is 77.3 Å². The second-order valence-electron chi connectivity index (χ2n) is 10.4. The summed E-state index contributed by atoms with van der Waals surface area (Å²) in [6.07, 6.45) is 10.3. The van der Waals surface area contributed by atoms with Crippen molar-refractivity contribution in [3.05, 3.63) is 62.7 Å². The van der Waals surface area contributed by atoms with E-state index in [-0.39, 0.29) is 29.9 Å². The van der Waals surface area contributed by atoms with Crippen LogP contribution in [0.25, 0.3) is 6.20 Å². The Hall–Kier alpha value is -3.47. The molecule has 0 saturated heterocycles. The molecule has 0 bridgehead atoms. The lowest BCUT2D eigenvalue weighted by Gasteiger charge is -2.20. The summed E-state index contributed by atoms with van der Waals surface area (Å²) < 4.78 is 1.74. The molecule has 0 aromatic carbocycles. The molecule has 5 rings (SSSR count). The Morgan fingerprint density at radius 2 is 1.90 bits per heavy atom. The molecular weight excluding hydrogens is 510 g/mol. The predicted molar refractivity (Wildman–Crippen MR) is 154 cm³/mol. The van der Waals surface area contributed by atoms with Crippen molar-refractivity contribution in [2.75, 3.05) is 17.6 Å². The molecule has 0 unspecified atom stereocenters. The van der Waals surface area contributed by atoms with Gasteiger partial charge in [-0.2, -0.15) is 0 Å². The third kappa shape index (κ3) is 5.93. The van der Waals surface area contributed by atoms with E-state index in [1.54, 1.807) is 28.9 Å². The topological polar surface area (TPSA) is 123 Å². The molecule has 4 heterocycles. The molecule has 2 aliphatic rings. The Morgan fingerprint density at radius 3 is 2.59 bits per heavy atom. The number of nitrogens with one attached hydrogen (secondary N) is 1. The lowest BCUT2D eigenvalue weighted by atomic mass is 10.0. The van der Waals surface area contributed by atoms with Crippen LogP contribution in [0.3, 0.4) is 0 Å². The minimum absolute atomic E-state index is 0.0940. The fourth-order valence-electron chi connectivity index (χ4n) is 4.47. The van der Waals surface area contributed by atoms with Gasteiger partial charge in [-0.25, -0.2) is 24.9 Å². The Bertz CT molecular complexity index is 1560. The number of anilines is 1. The SMILES string of the molecule is CCCSc1cnc(CNc2nc3c(n([C@@H](C)C(C)C)c2=O)=NCC(c2c(C)ncnc2C2CC2)=NC=3)nc1. The Labute approximate surface area is 232 Å². The van der Waals surface area contributed by atoms with E-state index in [0.717, 1.165) is 52.6 Å². The summed E-state index contributed by atoms with van der Waals surface area (Å²) in [5.41, 5.74) is 4.02. The van der Waals surface area contributed by atoms with Gasteiger partial charge in [0.2, 0.25) is 0 Å². The first-order chi connectivity index (χ1) is 18.9. The van der Waals surface area contributed by atoms with Gasteiger partial charge >= 0.3 is 0 Å². The van der Waals surface area contributed by atoms with Crippen molar-refractivity contribution in [2.24, 2.45) is 15.9 Å². The van der Waals surface area contributed by atoms with E-state index < -0.39 is 0 Å². The van der Waals surface area contributed by atoms with E-state index in [1.807, 2.05) is 26.2 Å². The molecule has 1 fully saturated rings. The van der Waals surface area contributed by atoms with E-state index in [1.165, 1.54) is 0 Å². The lowest BCUT2D eigenvalue weighted by Crippen LogP contribution is -2.48. The van der Waals surface area contributed by atoms with E-state index in [9.17, 15) is 4.79 Å². The Kier molecular flexibility index (Phi) is 8.15. The Balaban J connectivity index is 1.52. The van der Waals surface area contributed by atoms with Crippen molar-refractivity contribution in [1.82, 2.24) is 29.5 Å². The highest BCUT2D eigenvalue weighted by Gasteiger charge is 2.30. The molecule has 204 valence electrons.